The molecule has 3 atom stereocenters. The van der Waals surface area contributed by atoms with Gasteiger partial charge in [-0.1, -0.05) is 48.5 Å². The zero-order valence-corrected chi connectivity index (χ0v) is 19.5. The number of hydrogen-bond donors (Lipinski definition) is 3. The van der Waals surface area contributed by atoms with Crippen LogP contribution >= 0.6 is 0 Å². The Morgan fingerprint density at radius 2 is 1.68 bits per heavy atom. The molecule has 2 aromatic carbocycles. The molecule has 2 amide bonds. The van der Waals surface area contributed by atoms with Gasteiger partial charge >= 0.3 is 12.1 Å². The average molecular weight is 466 g/mol. The topological polar surface area (TPSA) is 108 Å². The Morgan fingerprint density at radius 1 is 1.06 bits per heavy atom. The maximum Gasteiger partial charge on any atom is 0.407 e. The molecule has 8 nitrogen and oxygen atoms in total. The fourth-order valence-corrected chi connectivity index (χ4v) is 4.57. The number of alkyl carbamates (subject to hydrolysis) is 1. The Morgan fingerprint density at radius 3 is 2.24 bits per heavy atom. The third-order valence-corrected chi connectivity index (χ3v) is 6.60. The Hall–Kier alpha value is -3.39. The predicted octanol–water partition coefficient (Wildman–Crippen LogP) is 2.68. The van der Waals surface area contributed by atoms with Gasteiger partial charge in [0, 0.05) is 12.5 Å². The molecule has 2 aliphatic rings. The second kappa shape index (κ2) is 10.3. The summed E-state index contributed by atoms with van der Waals surface area (Å²) in [5.74, 6) is -1.66. The van der Waals surface area contributed by atoms with Crippen molar-refractivity contribution in [1.82, 2.24) is 15.5 Å². The maximum absolute atomic E-state index is 12.7. The number of rotatable bonds is 10. The second-order valence-corrected chi connectivity index (χ2v) is 9.30. The molecule has 0 aromatic heterocycles. The summed E-state index contributed by atoms with van der Waals surface area (Å²) in [6.45, 7) is 1.06. The van der Waals surface area contributed by atoms with Crippen LogP contribution in [0.1, 0.15) is 29.9 Å². The summed E-state index contributed by atoms with van der Waals surface area (Å²) in [5, 5.41) is 14.5. The van der Waals surface area contributed by atoms with Crippen LogP contribution in [0.5, 0.6) is 0 Å². The summed E-state index contributed by atoms with van der Waals surface area (Å²) in [5.41, 5.74) is 4.54. The minimum Gasteiger partial charge on any atom is -0.481 e. The third kappa shape index (κ3) is 5.39. The van der Waals surface area contributed by atoms with Gasteiger partial charge in [0.1, 0.15) is 12.6 Å². The zero-order valence-electron chi connectivity index (χ0n) is 19.5. The van der Waals surface area contributed by atoms with Crippen molar-refractivity contribution in [2.24, 2.45) is 11.8 Å². The van der Waals surface area contributed by atoms with Gasteiger partial charge in [-0.05, 0) is 61.7 Å². The minimum atomic E-state index is -0.833. The van der Waals surface area contributed by atoms with Crippen LogP contribution in [0.25, 0.3) is 11.1 Å². The highest BCUT2D eigenvalue weighted by Gasteiger charge is 2.43. The van der Waals surface area contributed by atoms with Gasteiger partial charge in [-0.25, -0.2) is 4.79 Å². The van der Waals surface area contributed by atoms with E-state index in [0.29, 0.717) is 25.9 Å². The number of carboxylic acids is 1. The SMILES string of the molecule is CN(C)CCC(NC(=O)OCC1c2ccccc2-c2ccccc21)C(=O)NC[C@@H]1C[C@@H]1C(=O)O. The molecule has 4 rings (SSSR count). The number of aliphatic carboxylic acids is 1. The third-order valence-electron chi connectivity index (χ3n) is 6.60. The molecule has 34 heavy (non-hydrogen) atoms. The molecule has 1 unspecified atom stereocenters. The van der Waals surface area contributed by atoms with E-state index in [1.54, 1.807) is 0 Å². The van der Waals surface area contributed by atoms with Crippen molar-refractivity contribution >= 4 is 18.0 Å². The van der Waals surface area contributed by atoms with E-state index in [1.807, 2.05) is 43.3 Å². The fraction of sp³-hybridized carbons (Fsp3) is 0.423. The molecule has 8 heteroatoms. The van der Waals surface area contributed by atoms with E-state index in [9.17, 15) is 14.4 Å². The number of benzene rings is 2. The molecule has 0 aliphatic heterocycles. The molecule has 0 heterocycles. The molecule has 0 bridgehead atoms. The van der Waals surface area contributed by atoms with E-state index in [-0.39, 0.29) is 24.3 Å². The standard InChI is InChI=1S/C26H31N3O5/c1-29(2)12-11-23(24(30)27-14-16-13-21(16)25(31)32)28-26(33)34-15-22-19-9-5-3-7-17(19)18-8-4-6-10-20(18)22/h3-10,16,21-23H,11-15H2,1-2H3,(H,27,30)(H,28,33)(H,31,32)/t16-,21-,23?/m0/s1. The van der Waals surface area contributed by atoms with Crippen molar-refractivity contribution in [2.45, 2.75) is 24.8 Å². The summed E-state index contributed by atoms with van der Waals surface area (Å²) in [4.78, 5) is 38.4. The van der Waals surface area contributed by atoms with Gasteiger partial charge in [-0.3, -0.25) is 9.59 Å². The molecule has 2 aliphatic carbocycles. The lowest BCUT2D eigenvalue weighted by Crippen LogP contribution is -2.48. The Kier molecular flexibility index (Phi) is 7.17. The summed E-state index contributed by atoms with van der Waals surface area (Å²) >= 11 is 0. The maximum atomic E-state index is 12.7. The summed E-state index contributed by atoms with van der Waals surface area (Å²) < 4.78 is 5.59. The van der Waals surface area contributed by atoms with Crippen LogP contribution in [0, 0.1) is 11.8 Å². The number of carboxylic acid groups (broad SMARTS) is 1. The number of amides is 2. The number of nitrogens with one attached hydrogen (secondary N) is 2. The second-order valence-electron chi connectivity index (χ2n) is 9.30. The fourth-order valence-electron chi connectivity index (χ4n) is 4.57. The molecule has 0 radical (unpaired) electrons. The molecule has 1 fully saturated rings. The molecule has 0 saturated heterocycles. The average Bonchev–Trinajstić information content (AvgIpc) is 3.54. The van der Waals surface area contributed by atoms with Gasteiger partial charge in [-0.2, -0.15) is 0 Å². The van der Waals surface area contributed by atoms with Crippen molar-refractivity contribution in [3.05, 3.63) is 59.7 Å². The number of hydrogen-bond acceptors (Lipinski definition) is 5. The van der Waals surface area contributed by atoms with Crippen molar-refractivity contribution < 1.29 is 24.2 Å². The van der Waals surface area contributed by atoms with Crippen LogP contribution in [0.3, 0.4) is 0 Å². The summed E-state index contributed by atoms with van der Waals surface area (Å²) in [6, 6.07) is 15.4. The first-order valence-electron chi connectivity index (χ1n) is 11.6. The number of nitrogens with zero attached hydrogens (tertiary/aromatic N) is 1. The van der Waals surface area contributed by atoms with Gasteiger partial charge in [0.05, 0.1) is 5.92 Å². The monoisotopic (exact) mass is 465 g/mol. The van der Waals surface area contributed by atoms with E-state index >= 15 is 0 Å². The lowest BCUT2D eigenvalue weighted by molar-refractivity contribution is -0.139. The molecule has 0 spiro atoms. The van der Waals surface area contributed by atoms with Crippen LogP contribution in [-0.4, -0.2) is 67.8 Å². The molecule has 1 saturated carbocycles. The number of carbonyl (C=O) groups is 3. The van der Waals surface area contributed by atoms with Crippen LogP contribution in [0.4, 0.5) is 4.79 Å². The normalized spacial score (nSPS) is 19.1. The van der Waals surface area contributed by atoms with E-state index in [1.165, 1.54) is 0 Å². The van der Waals surface area contributed by atoms with E-state index in [0.717, 1.165) is 22.3 Å². The first kappa shape index (κ1) is 23.8. The summed E-state index contributed by atoms with van der Waals surface area (Å²) in [6.07, 6.45) is 0.337. The molecule has 180 valence electrons. The Balaban J connectivity index is 1.35. The quantitative estimate of drug-likeness (QED) is 0.498. The highest BCUT2D eigenvalue weighted by atomic mass is 16.5. The van der Waals surface area contributed by atoms with Crippen molar-refractivity contribution in [1.29, 1.82) is 0 Å². The number of ether oxygens (including phenoxy) is 1. The van der Waals surface area contributed by atoms with E-state index in [2.05, 4.69) is 34.9 Å². The molecule has 2 aromatic rings. The first-order chi connectivity index (χ1) is 16.3. The smallest absolute Gasteiger partial charge is 0.407 e. The van der Waals surface area contributed by atoms with Gasteiger partial charge < -0.3 is 25.4 Å². The highest BCUT2D eigenvalue weighted by Crippen LogP contribution is 2.44. The van der Waals surface area contributed by atoms with Crippen LogP contribution in [0.15, 0.2) is 48.5 Å². The molecular weight excluding hydrogens is 434 g/mol. The largest absolute Gasteiger partial charge is 0.481 e. The molecule has 3 N–H and O–H groups in total. The zero-order chi connectivity index (χ0) is 24.2. The van der Waals surface area contributed by atoms with E-state index < -0.39 is 24.0 Å². The molecular formula is C26H31N3O5. The van der Waals surface area contributed by atoms with Gasteiger partial charge in [0.25, 0.3) is 0 Å². The predicted molar refractivity (Wildman–Crippen MR) is 127 cm³/mol. The van der Waals surface area contributed by atoms with E-state index in [4.69, 9.17) is 9.84 Å². The van der Waals surface area contributed by atoms with Crippen LogP contribution in [-0.2, 0) is 14.3 Å². The Bertz CT molecular complexity index is 1020. The minimum absolute atomic E-state index is 0.0506. The van der Waals surface area contributed by atoms with Crippen molar-refractivity contribution in [2.75, 3.05) is 33.8 Å². The lowest BCUT2D eigenvalue weighted by Gasteiger charge is -2.21. The lowest BCUT2D eigenvalue weighted by atomic mass is 9.98. The van der Waals surface area contributed by atoms with Gasteiger partial charge in [-0.15, -0.1) is 0 Å². The van der Waals surface area contributed by atoms with Gasteiger partial charge in [0.2, 0.25) is 5.91 Å². The first-order valence-corrected chi connectivity index (χ1v) is 11.6. The van der Waals surface area contributed by atoms with Crippen molar-refractivity contribution in [3.63, 3.8) is 0 Å². The van der Waals surface area contributed by atoms with Crippen molar-refractivity contribution in [3.8, 4) is 11.1 Å². The Labute approximate surface area is 199 Å². The summed E-state index contributed by atoms with van der Waals surface area (Å²) in [7, 11) is 3.79. The van der Waals surface area contributed by atoms with Gasteiger partial charge in [0.15, 0.2) is 0 Å². The van der Waals surface area contributed by atoms with Crippen LogP contribution < -0.4 is 10.6 Å². The highest BCUT2D eigenvalue weighted by molar-refractivity contribution is 5.86. The number of fused-ring (bicyclic) bond motifs is 3. The number of carbonyl (C=O) groups excluding carboxylic acids is 2. The van der Waals surface area contributed by atoms with Crippen LogP contribution in [0.2, 0.25) is 0 Å².